The molecule has 2 unspecified atom stereocenters. The van der Waals surface area contributed by atoms with E-state index in [2.05, 4.69) is 62.5 Å². The first-order valence-electron chi connectivity index (χ1n) is 28.3. The van der Waals surface area contributed by atoms with Gasteiger partial charge in [-0.15, -0.1) is 0 Å². The third-order valence-corrected chi connectivity index (χ3v) is 13.3. The molecule has 0 spiro atoms. The van der Waals surface area contributed by atoms with Gasteiger partial charge >= 0.3 is 11.9 Å². The lowest BCUT2D eigenvalue weighted by atomic mass is 10.0. The summed E-state index contributed by atoms with van der Waals surface area (Å²) >= 11 is 0. The molecule has 0 aliphatic carbocycles. The van der Waals surface area contributed by atoms with Gasteiger partial charge < -0.3 is 27.9 Å². The molecule has 0 aliphatic heterocycles. The molecule has 0 aromatic rings. The number of hydrogen-bond donors (Lipinski definition) is 0. The number of unbranched alkanes of at least 4 members (excludes halogenated alkanes) is 30. The Kier molecular flexibility index (Phi) is 48.4. The summed E-state index contributed by atoms with van der Waals surface area (Å²) in [6.07, 6.45) is 61.5. The molecule has 0 radical (unpaired) electrons. The van der Waals surface area contributed by atoms with Crippen molar-refractivity contribution in [3.63, 3.8) is 0 Å². The number of likely N-dealkylation sites (N-methyl/N-ethyl adjacent to an activating group) is 1. The minimum Gasteiger partial charge on any atom is -0.756 e. The standard InChI is InChI=1S/C58H108NO8P/c1-6-8-10-12-14-16-18-20-22-24-25-26-27-28-29-30-31-32-33-35-37-39-41-43-45-47-49-51-58(61)67-56(55-66-68(62,63)65-53-52-59(3,4)5)54-64-57(60)50-48-46-44-42-40-38-36-34-23-21-19-17-15-13-11-9-7-2/h15,17-18,20-21,23-25,56H,6-14,16,19,22,26-55H2,1-5H3/b17-15-,20-18-,23-21-,25-24-. The summed E-state index contributed by atoms with van der Waals surface area (Å²) in [4.78, 5) is 37.8. The van der Waals surface area contributed by atoms with Crippen LogP contribution in [0.25, 0.3) is 0 Å². The number of esters is 2. The van der Waals surface area contributed by atoms with E-state index in [9.17, 15) is 19.0 Å². The number of carbonyl (C=O) groups excluding carboxylic acids is 2. The number of quaternary nitrogens is 1. The van der Waals surface area contributed by atoms with E-state index < -0.39 is 26.5 Å². The highest BCUT2D eigenvalue weighted by Crippen LogP contribution is 2.38. The Morgan fingerprint density at radius 1 is 0.456 bits per heavy atom. The van der Waals surface area contributed by atoms with E-state index in [0.29, 0.717) is 17.4 Å². The quantitative estimate of drug-likeness (QED) is 0.0195. The molecule has 0 saturated carbocycles. The number of rotatable bonds is 52. The van der Waals surface area contributed by atoms with Gasteiger partial charge in [0.25, 0.3) is 7.82 Å². The van der Waals surface area contributed by atoms with Gasteiger partial charge in [-0.05, 0) is 77.0 Å². The zero-order valence-corrected chi connectivity index (χ0v) is 45.9. The molecular weight excluding hydrogens is 870 g/mol. The lowest BCUT2D eigenvalue weighted by Crippen LogP contribution is -2.37. The van der Waals surface area contributed by atoms with Gasteiger partial charge in [0.1, 0.15) is 19.8 Å². The van der Waals surface area contributed by atoms with E-state index in [0.717, 1.165) is 64.2 Å². The fraction of sp³-hybridized carbons (Fsp3) is 0.828. The van der Waals surface area contributed by atoms with Gasteiger partial charge in [-0.25, -0.2) is 0 Å². The van der Waals surface area contributed by atoms with E-state index in [1.807, 2.05) is 21.1 Å². The highest BCUT2D eigenvalue weighted by atomic mass is 31.2. The molecule has 9 nitrogen and oxygen atoms in total. The smallest absolute Gasteiger partial charge is 0.306 e. The Morgan fingerprint density at radius 2 is 0.794 bits per heavy atom. The highest BCUT2D eigenvalue weighted by molar-refractivity contribution is 7.45. The van der Waals surface area contributed by atoms with Crippen molar-refractivity contribution in [1.29, 1.82) is 0 Å². The maximum absolute atomic E-state index is 12.8. The number of phosphoric acid groups is 1. The first-order chi connectivity index (χ1) is 33.0. The summed E-state index contributed by atoms with van der Waals surface area (Å²) in [6, 6.07) is 0. The van der Waals surface area contributed by atoms with Crippen molar-refractivity contribution < 1.29 is 42.1 Å². The van der Waals surface area contributed by atoms with Crippen LogP contribution in [0.1, 0.15) is 258 Å². The summed E-state index contributed by atoms with van der Waals surface area (Å²) < 4.78 is 34.1. The lowest BCUT2D eigenvalue weighted by Gasteiger charge is -2.28. The second-order valence-electron chi connectivity index (χ2n) is 20.3. The SMILES string of the molecule is CCCCC/C=C\C/C=C\CCCCCCCCCC(=O)OCC(COP(=O)([O-])OCC[N+](C)(C)C)OC(=O)CCCCCCCCCCCCCCCCC/C=C\C/C=C\CCCCCCC. The molecule has 2 atom stereocenters. The summed E-state index contributed by atoms with van der Waals surface area (Å²) in [7, 11) is 1.17. The van der Waals surface area contributed by atoms with Crippen molar-refractivity contribution in [3.05, 3.63) is 48.6 Å². The maximum Gasteiger partial charge on any atom is 0.306 e. The van der Waals surface area contributed by atoms with Crippen LogP contribution >= 0.6 is 7.82 Å². The summed E-state index contributed by atoms with van der Waals surface area (Å²) in [5.41, 5.74) is 0. The van der Waals surface area contributed by atoms with Crippen molar-refractivity contribution in [2.24, 2.45) is 0 Å². The minimum absolute atomic E-state index is 0.0323. The number of allylic oxidation sites excluding steroid dienone is 8. The van der Waals surface area contributed by atoms with Gasteiger partial charge in [0.05, 0.1) is 27.7 Å². The van der Waals surface area contributed by atoms with Crippen LogP contribution in [0.5, 0.6) is 0 Å². The van der Waals surface area contributed by atoms with Gasteiger partial charge in [-0.3, -0.25) is 14.2 Å². The second-order valence-corrected chi connectivity index (χ2v) is 21.7. The van der Waals surface area contributed by atoms with E-state index in [1.165, 1.54) is 161 Å². The molecule has 398 valence electrons. The average Bonchev–Trinajstić information content (AvgIpc) is 3.30. The molecule has 0 bridgehead atoms. The fourth-order valence-electron chi connectivity index (χ4n) is 7.89. The molecule has 0 N–H and O–H groups in total. The van der Waals surface area contributed by atoms with Gasteiger partial charge in [0.2, 0.25) is 0 Å². The topological polar surface area (TPSA) is 111 Å². The zero-order chi connectivity index (χ0) is 49.9. The fourth-order valence-corrected chi connectivity index (χ4v) is 8.62. The van der Waals surface area contributed by atoms with Crippen LogP contribution in [0.2, 0.25) is 0 Å². The van der Waals surface area contributed by atoms with Crippen LogP contribution < -0.4 is 4.89 Å². The molecule has 0 aromatic heterocycles. The third-order valence-electron chi connectivity index (χ3n) is 12.3. The van der Waals surface area contributed by atoms with Crippen molar-refractivity contribution >= 4 is 19.8 Å². The molecule has 0 amide bonds. The van der Waals surface area contributed by atoms with E-state index in [1.54, 1.807) is 0 Å². The Labute approximate surface area is 420 Å². The van der Waals surface area contributed by atoms with Crippen molar-refractivity contribution in [2.45, 2.75) is 264 Å². The largest absolute Gasteiger partial charge is 0.756 e. The number of ether oxygens (including phenoxy) is 2. The number of carbonyl (C=O) groups is 2. The van der Waals surface area contributed by atoms with Crippen molar-refractivity contribution in [1.82, 2.24) is 0 Å². The molecule has 0 saturated heterocycles. The van der Waals surface area contributed by atoms with Crippen molar-refractivity contribution in [3.8, 4) is 0 Å². The van der Waals surface area contributed by atoms with Crippen LogP contribution in [0.3, 0.4) is 0 Å². The third kappa shape index (κ3) is 53.3. The number of nitrogens with zero attached hydrogens (tertiary/aromatic N) is 1. The maximum atomic E-state index is 12.8. The van der Waals surface area contributed by atoms with Crippen LogP contribution in [0.15, 0.2) is 48.6 Å². The predicted octanol–water partition coefficient (Wildman–Crippen LogP) is 16.7. The molecule has 10 heteroatoms. The van der Waals surface area contributed by atoms with Crippen LogP contribution in [0, 0.1) is 0 Å². The molecule has 0 heterocycles. The highest BCUT2D eigenvalue weighted by Gasteiger charge is 2.21. The van der Waals surface area contributed by atoms with Crippen LogP contribution in [0.4, 0.5) is 0 Å². The Hall–Kier alpha value is -2.03. The molecule has 0 fully saturated rings. The lowest BCUT2D eigenvalue weighted by molar-refractivity contribution is -0.870. The molecular formula is C58H108NO8P. The Balaban J connectivity index is 4.14. The van der Waals surface area contributed by atoms with Crippen LogP contribution in [-0.4, -0.2) is 70.0 Å². The first kappa shape index (κ1) is 66.0. The number of phosphoric ester groups is 1. The van der Waals surface area contributed by atoms with E-state index >= 15 is 0 Å². The second kappa shape index (κ2) is 49.9. The Bertz CT molecular complexity index is 1290. The minimum atomic E-state index is -4.64. The monoisotopic (exact) mass is 978 g/mol. The molecule has 0 aliphatic rings. The molecule has 0 rings (SSSR count). The van der Waals surface area contributed by atoms with Crippen molar-refractivity contribution in [2.75, 3.05) is 47.5 Å². The van der Waals surface area contributed by atoms with Crippen LogP contribution in [-0.2, 0) is 32.7 Å². The average molecular weight is 978 g/mol. The normalized spacial score (nSPS) is 13.7. The Morgan fingerprint density at radius 3 is 1.19 bits per heavy atom. The van der Waals surface area contributed by atoms with Gasteiger partial charge in [-0.2, -0.15) is 0 Å². The zero-order valence-electron chi connectivity index (χ0n) is 45.1. The predicted molar refractivity (Wildman–Crippen MR) is 287 cm³/mol. The van der Waals surface area contributed by atoms with Gasteiger partial charge in [0.15, 0.2) is 6.10 Å². The van der Waals surface area contributed by atoms with Gasteiger partial charge in [0, 0.05) is 12.8 Å². The summed E-state index contributed by atoms with van der Waals surface area (Å²) in [5.74, 6) is -0.835. The molecule has 68 heavy (non-hydrogen) atoms. The van der Waals surface area contributed by atoms with E-state index in [-0.39, 0.29) is 32.0 Å². The summed E-state index contributed by atoms with van der Waals surface area (Å²) in [5, 5.41) is 0. The van der Waals surface area contributed by atoms with E-state index in [4.69, 9.17) is 18.5 Å². The summed E-state index contributed by atoms with van der Waals surface area (Å²) in [6.45, 7) is 4.22. The first-order valence-corrected chi connectivity index (χ1v) is 29.8. The molecule has 0 aromatic carbocycles. The number of hydrogen-bond acceptors (Lipinski definition) is 8. The van der Waals surface area contributed by atoms with Gasteiger partial charge in [-0.1, -0.05) is 217 Å².